The van der Waals surface area contributed by atoms with Crippen LogP contribution in [0.4, 0.5) is 15.3 Å². The first-order valence-corrected chi connectivity index (χ1v) is 10.9. The summed E-state index contributed by atoms with van der Waals surface area (Å²) in [4.78, 5) is 39.0. The highest BCUT2D eigenvalue weighted by Gasteiger charge is 2.27. The summed E-state index contributed by atoms with van der Waals surface area (Å²) in [5, 5.41) is 2.34. The number of carbonyl (C=O) groups excluding carboxylic acids is 3. The highest BCUT2D eigenvalue weighted by atomic mass is 16.6. The topological polar surface area (TPSA) is 88.2 Å². The lowest BCUT2D eigenvalue weighted by molar-refractivity contribution is -0.120. The first-order chi connectivity index (χ1) is 15.1. The van der Waals surface area contributed by atoms with Crippen LogP contribution in [0, 0.1) is 18.8 Å². The van der Waals surface area contributed by atoms with E-state index in [0.29, 0.717) is 26.2 Å². The van der Waals surface area contributed by atoms with E-state index in [-0.39, 0.29) is 24.5 Å². The van der Waals surface area contributed by atoms with Crippen LogP contribution >= 0.6 is 0 Å². The molecule has 2 aliphatic heterocycles. The van der Waals surface area contributed by atoms with Crippen molar-refractivity contribution in [3.8, 4) is 11.8 Å². The van der Waals surface area contributed by atoms with Gasteiger partial charge in [0.25, 0.3) is 0 Å². The summed E-state index contributed by atoms with van der Waals surface area (Å²) in [7, 11) is 0. The Balaban J connectivity index is 1.51. The van der Waals surface area contributed by atoms with Gasteiger partial charge in [0.2, 0.25) is 5.91 Å². The summed E-state index contributed by atoms with van der Waals surface area (Å²) >= 11 is 0. The predicted molar refractivity (Wildman–Crippen MR) is 120 cm³/mol. The van der Waals surface area contributed by atoms with E-state index in [1.165, 1.54) is 0 Å². The first kappa shape index (κ1) is 23.6. The molecule has 1 N–H and O–H groups in total. The Morgan fingerprint density at radius 2 is 1.91 bits per heavy atom. The summed E-state index contributed by atoms with van der Waals surface area (Å²) < 4.78 is 11.3. The van der Waals surface area contributed by atoms with Crippen molar-refractivity contribution in [3.05, 3.63) is 29.3 Å². The molecule has 1 aromatic carbocycles. The van der Waals surface area contributed by atoms with E-state index >= 15 is 0 Å². The van der Waals surface area contributed by atoms with Gasteiger partial charge < -0.3 is 14.4 Å². The maximum Gasteiger partial charge on any atom is 0.410 e. The van der Waals surface area contributed by atoms with Crippen molar-refractivity contribution >= 4 is 23.7 Å². The van der Waals surface area contributed by atoms with Crippen molar-refractivity contribution in [2.24, 2.45) is 0 Å². The molecule has 0 spiro atoms. The molecule has 0 unspecified atom stereocenters. The van der Waals surface area contributed by atoms with Crippen LogP contribution in [-0.4, -0.2) is 60.9 Å². The van der Waals surface area contributed by atoms with E-state index < -0.39 is 11.6 Å². The molecule has 2 heterocycles. The predicted octanol–water partition coefficient (Wildman–Crippen LogP) is 3.21. The van der Waals surface area contributed by atoms with E-state index in [9.17, 15) is 14.4 Å². The molecule has 2 aliphatic rings. The Hall–Kier alpha value is -3.05. The molecule has 32 heavy (non-hydrogen) atoms. The third-order valence-electron chi connectivity index (χ3n) is 5.36. The van der Waals surface area contributed by atoms with Crippen molar-refractivity contribution in [1.29, 1.82) is 0 Å². The van der Waals surface area contributed by atoms with Crippen LogP contribution < -0.4 is 10.2 Å². The lowest BCUT2D eigenvalue weighted by Crippen LogP contribution is -2.49. The van der Waals surface area contributed by atoms with Crippen molar-refractivity contribution in [2.75, 3.05) is 31.1 Å². The number of benzene rings is 1. The van der Waals surface area contributed by atoms with Crippen LogP contribution in [0.5, 0.6) is 0 Å². The van der Waals surface area contributed by atoms with Crippen LogP contribution in [-0.2, 0) is 14.3 Å². The van der Waals surface area contributed by atoms with Gasteiger partial charge >= 0.3 is 12.1 Å². The molecular weight excluding hydrogens is 410 g/mol. The Bertz CT molecular complexity index is 933. The lowest BCUT2D eigenvalue weighted by Gasteiger charge is -2.33. The normalized spacial score (nSPS) is 17.5. The number of nitrogens with one attached hydrogen (secondary N) is 1. The van der Waals surface area contributed by atoms with E-state index in [4.69, 9.17) is 9.47 Å². The molecule has 8 heteroatoms. The third-order valence-corrected chi connectivity index (χ3v) is 5.36. The van der Waals surface area contributed by atoms with Crippen LogP contribution in [0.25, 0.3) is 0 Å². The van der Waals surface area contributed by atoms with Crippen LogP contribution in [0.2, 0.25) is 0 Å². The molecular formula is C24H31N3O5. The lowest BCUT2D eigenvalue weighted by atomic mass is 10.1. The molecule has 0 aliphatic carbocycles. The molecule has 0 radical (unpaired) electrons. The maximum atomic E-state index is 12.1. The van der Waals surface area contributed by atoms with Gasteiger partial charge in [0.1, 0.15) is 12.2 Å². The highest BCUT2D eigenvalue weighted by molar-refractivity contribution is 6.06. The smallest absolute Gasteiger partial charge is 0.410 e. The molecule has 3 rings (SSSR count). The largest absolute Gasteiger partial charge is 0.444 e. The molecule has 2 fully saturated rings. The maximum absolute atomic E-state index is 12.1. The summed E-state index contributed by atoms with van der Waals surface area (Å²) in [5.74, 6) is 5.92. The van der Waals surface area contributed by atoms with Gasteiger partial charge in [-0.2, -0.15) is 0 Å². The SMILES string of the molecule is Cc1c(C#CCOC2CCN(C(=O)OC(C)(C)C)CC2)cccc1N1CCC(=O)NC1=O. The number of anilines is 1. The Labute approximate surface area is 189 Å². The zero-order chi connectivity index (χ0) is 23.3. The molecule has 0 atom stereocenters. The quantitative estimate of drug-likeness (QED) is 0.728. The Morgan fingerprint density at radius 3 is 2.56 bits per heavy atom. The van der Waals surface area contributed by atoms with Gasteiger partial charge in [-0.25, -0.2) is 9.59 Å². The molecule has 0 aromatic heterocycles. The minimum atomic E-state index is -0.495. The number of hydrogen-bond donors (Lipinski definition) is 1. The average molecular weight is 442 g/mol. The van der Waals surface area contributed by atoms with Crippen molar-refractivity contribution in [2.45, 2.75) is 58.7 Å². The van der Waals surface area contributed by atoms with Crippen molar-refractivity contribution < 1.29 is 23.9 Å². The van der Waals surface area contributed by atoms with Gasteiger partial charge in [-0.15, -0.1) is 0 Å². The van der Waals surface area contributed by atoms with E-state index in [2.05, 4.69) is 17.2 Å². The van der Waals surface area contributed by atoms with Gasteiger partial charge in [-0.05, 0) is 58.2 Å². The summed E-state index contributed by atoms with van der Waals surface area (Å²) in [6.45, 7) is 9.35. The zero-order valence-corrected chi connectivity index (χ0v) is 19.2. The van der Waals surface area contributed by atoms with E-state index in [1.807, 2.05) is 45.9 Å². The summed E-state index contributed by atoms with van der Waals surface area (Å²) in [6, 6.07) is 5.20. The van der Waals surface area contributed by atoms with Crippen molar-refractivity contribution in [1.82, 2.24) is 10.2 Å². The minimum Gasteiger partial charge on any atom is -0.444 e. The Morgan fingerprint density at radius 1 is 1.19 bits per heavy atom. The van der Waals surface area contributed by atoms with Gasteiger partial charge in [0.05, 0.1) is 6.10 Å². The van der Waals surface area contributed by atoms with Gasteiger partial charge in [-0.1, -0.05) is 17.9 Å². The summed E-state index contributed by atoms with van der Waals surface area (Å²) in [5.41, 5.74) is 1.95. The fraction of sp³-hybridized carbons (Fsp3) is 0.542. The number of piperidine rings is 1. The second kappa shape index (κ2) is 10.0. The van der Waals surface area contributed by atoms with Gasteiger partial charge in [0.15, 0.2) is 0 Å². The molecule has 0 saturated carbocycles. The minimum absolute atomic E-state index is 0.0602. The second-order valence-electron chi connectivity index (χ2n) is 8.98. The average Bonchev–Trinajstić information content (AvgIpc) is 2.72. The molecule has 4 amide bonds. The molecule has 172 valence electrons. The number of ether oxygens (including phenoxy) is 2. The van der Waals surface area contributed by atoms with E-state index in [1.54, 1.807) is 9.80 Å². The fourth-order valence-corrected chi connectivity index (χ4v) is 3.67. The van der Waals surface area contributed by atoms with Crippen LogP contribution in [0.3, 0.4) is 0 Å². The number of urea groups is 1. The molecule has 0 bridgehead atoms. The van der Waals surface area contributed by atoms with Crippen molar-refractivity contribution in [3.63, 3.8) is 0 Å². The Kier molecular flexibility index (Phi) is 7.41. The number of nitrogens with zero attached hydrogens (tertiary/aromatic N) is 2. The molecule has 8 nitrogen and oxygen atoms in total. The first-order valence-electron chi connectivity index (χ1n) is 10.9. The van der Waals surface area contributed by atoms with Crippen LogP contribution in [0.1, 0.15) is 51.2 Å². The van der Waals surface area contributed by atoms with Gasteiger partial charge in [0, 0.05) is 37.3 Å². The standard InChI is InChI=1S/C24H31N3O5/c1-17-18(7-5-9-20(17)27-15-12-21(28)25-22(27)29)8-6-16-31-19-10-13-26(14-11-19)23(30)32-24(2,3)4/h5,7,9,19H,10-16H2,1-4H3,(H,25,28,29). The number of likely N-dealkylation sites (tertiary alicyclic amines) is 1. The number of imide groups is 1. The van der Waals surface area contributed by atoms with E-state index in [0.717, 1.165) is 29.7 Å². The van der Waals surface area contributed by atoms with Gasteiger partial charge in [-0.3, -0.25) is 15.0 Å². The monoisotopic (exact) mass is 441 g/mol. The highest BCUT2D eigenvalue weighted by Crippen LogP contribution is 2.24. The number of hydrogen-bond acceptors (Lipinski definition) is 5. The zero-order valence-electron chi connectivity index (χ0n) is 19.2. The number of carbonyl (C=O) groups is 3. The number of amides is 4. The third kappa shape index (κ3) is 6.24. The second-order valence-corrected chi connectivity index (χ2v) is 8.98. The fourth-order valence-electron chi connectivity index (χ4n) is 3.67. The van der Waals surface area contributed by atoms with Crippen LogP contribution in [0.15, 0.2) is 18.2 Å². The number of rotatable bonds is 3. The molecule has 2 saturated heterocycles. The summed E-state index contributed by atoms with van der Waals surface area (Å²) in [6.07, 6.45) is 1.56. The molecule has 1 aromatic rings.